The molecule has 3 aromatic carbocycles. The number of carbonyl (C=O) groups excluding carboxylic acids is 1. The van der Waals surface area contributed by atoms with E-state index in [1.54, 1.807) is 6.07 Å². The van der Waals surface area contributed by atoms with E-state index in [9.17, 15) is 4.79 Å². The van der Waals surface area contributed by atoms with E-state index < -0.39 is 0 Å². The lowest BCUT2D eigenvalue weighted by atomic mass is 10.0. The van der Waals surface area contributed by atoms with E-state index in [0.717, 1.165) is 43.0 Å². The minimum Gasteiger partial charge on any atom is -0.399 e. The van der Waals surface area contributed by atoms with E-state index in [2.05, 4.69) is 22.2 Å². The average Bonchev–Trinajstić information content (AvgIpc) is 2.75. The zero-order valence-electron chi connectivity index (χ0n) is 16.6. The van der Waals surface area contributed by atoms with Gasteiger partial charge in [-0.05, 0) is 49.0 Å². The lowest BCUT2D eigenvalue weighted by Crippen LogP contribution is -2.44. The van der Waals surface area contributed by atoms with Crippen molar-refractivity contribution in [2.45, 2.75) is 0 Å². The maximum atomic E-state index is 12.9. The maximum Gasteiger partial charge on any atom is 0.255 e. The van der Waals surface area contributed by atoms with Gasteiger partial charge >= 0.3 is 0 Å². The molecule has 1 saturated heterocycles. The van der Waals surface area contributed by atoms with E-state index in [1.807, 2.05) is 66.7 Å². The molecule has 5 nitrogen and oxygen atoms in total. The number of likely N-dealkylation sites (N-methyl/N-ethyl adjacent to an activating group) is 1. The van der Waals surface area contributed by atoms with Gasteiger partial charge in [-0.1, -0.05) is 36.4 Å². The molecule has 0 aromatic heterocycles. The molecule has 4 rings (SSSR count). The van der Waals surface area contributed by atoms with Crippen molar-refractivity contribution in [2.75, 3.05) is 49.2 Å². The molecule has 1 heterocycles. The van der Waals surface area contributed by atoms with E-state index in [0.29, 0.717) is 16.9 Å². The van der Waals surface area contributed by atoms with Gasteiger partial charge in [0, 0.05) is 48.7 Å². The number of piperazine rings is 1. The number of hydrogen-bond acceptors (Lipinski definition) is 4. The van der Waals surface area contributed by atoms with Crippen molar-refractivity contribution < 1.29 is 4.79 Å². The number of rotatable bonds is 4. The molecule has 3 aromatic rings. The first-order valence-electron chi connectivity index (χ1n) is 9.90. The highest BCUT2D eigenvalue weighted by Crippen LogP contribution is 2.30. The van der Waals surface area contributed by atoms with Crippen LogP contribution < -0.4 is 16.0 Å². The Balaban J connectivity index is 1.52. The number of benzene rings is 3. The Labute approximate surface area is 171 Å². The molecule has 0 saturated carbocycles. The maximum absolute atomic E-state index is 12.9. The van der Waals surface area contributed by atoms with Gasteiger partial charge in [-0.2, -0.15) is 0 Å². The van der Waals surface area contributed by atoms with Crippen LogP contribution in [0.4, 0.5) is 17.1 Å². The van der Waals surface area contributed by atoms with E-state index in [1.165, 1.54) is 0 Å². The summed E-state index contributed by atoms with van der Waals surface area (Å²) < 4.78 is 0. The molecule has 148 valence electrons. The van der Waals surface area contributed by atoms with Gasteiger partial charge in [-0.3, -0.25) is 4.79 Å². The fourth-order valence-electron chi connectivity index (χ4n) is 3.62. The molecule has 1 fully saturated rings. The first-order valence-corrected chi connectivity index (χ1v) is 9.90. The van der Waals surface area contributed by atoms with E-state index in [-0.39, 0.29) is 5.91 Å². The molecule has 0 unspecified atom stereocenters. The predicted molar refractivity (Wildman–Crippen MR) is 120 cm³/mol. The van der Waals surface area contributed by atoms with Gasteiger partial charge < -0.3 is 20.9 Å². The van der Waals surface area contributed by atoms with Gasteiger partial charge in [0.1, 0.15) is 0 Å². The number of nitrogens with zero attached hydrogens (tertiary/aromatic N) is 2. The monoisotopic (exact) mass is 386 g/mol. The standard InChI is InChI=1S/C24H26N4O/c1-27-13-15-28(16-14-27)21-10-7-19(8-11-21)24(29)26-23-17-20(25)9-12-22(23)18-5-3-2-4-6-18/h2-12,17H,13-16,25H2,1H3,(H,26,29). The second-order valence-corrected chi connectivity index (χ2v) is 7.46. The van der Waals surface area contributed by atoms with Gasteiger partial charge in [0.05, 0.1) is 5.69 Å². The fraction of sp³-hybridized carbons (Fsp3) is 0.208. The highest BCUT2D eigenvalue weighted by atomic mass is 16.1. The largest absolute Gasteiger partial charge is 0.399 e. The fourth-order valence-corrected chi connectivity index (χ4v) is 3.62. The van der Waals surface area contributed by atoms with Crippen molar-refractivity contribution in [1.82, 2.24) is 4.90 Å². The summed E-state index contributed by atoms with van der Waals surface area (Å²) in [5.41, 5.74) is 11.1. The average molecular weight is 386 g/mol. The van der Waals surface area contributed by atoms with Crippen LogP contribution >= 0.6 is 0 Å². The van der Waals surface area contributed by atoms with Crippen LogP contribution in [0.25, 0.3) is 11.1 Å². The molecule has 0 atom stereocenters. The van der Waals surface area contributed by atoms with Gasteiger partial charge in [-0.25, -0.2) is 0 Å². The highest BCUT2D eigenvalue weighted by Gasteiger charge is 2.15. The van der Waals surface area contributed by atoms with E-state index in [4.69, 9.17) is 5.73 Å². The minimum atomic E-state index is -0.141. The number of hydrogen-bond donors (Lipinski definition) is 2. The molecular weight excluding hydrogens is 360 g/mol. The van der Waals surface area contributed by atoms with E-state index >= 15 is 0 Å². The van der Waals surface area contributed by atoms with Crippen LogP contribution in [0.2, 0.25) is 0 Å². The topological polar surface area (TPSA) is 61.6 Å². The third-order valence-electron chi connectivity index (χ3n) is 5.37. The summed E-state index contributed by atoms with van der Waals surface area (Å²) in [5, 5.41) is 3.03. The smallest absolute Gasteiger partial charge is 0.255 e. The second kappa shape index (κ2) is 8.37. The van der Waals surface area contributed by atoms with Crippen molar-refractivity contribution >= 4 is 23.0 Å². The molecule has 0 radical (unpaired) electrons. The van der Waals surface area contributed by atoms with Crippen LogP contribution in [0.5, 0.6) is 0 Å². The Kier molecular flexibility index (Phi) is 5.49. The lowest BCUT2D eigenvalue weighted by molar-refractivity contribution is 0.102. The minimum absolute atomic E-state index is 0.141. The van der Waals surface area contributed by atoms with Gasteiger partial charge in [0.2, 0.25) is 0 Å². The number of nitrogen functional groups attached to an aromatic ring is 1. The molecule has 1 amide bonds. The van der Waals surface area contributed by atoms with Crippen LogP contribution in [-0.4, -0.2) is 44.0 Å². The van der Waals surface area contributed by atoms with Crippen LogP contribution in [0.1, 0.15) is 10.4 Å². The molecular formula is C24H26N4O. The quantitative estimate of drug-likeness (QED) is 0.667. The van der Waals surface area contributed by atoms with Gasteiger partial charge in [0.15, 0.2) is 0 Å². The Bertz CT molecular complexity index is 978. The SMILES string of the molecule is CN1CCN(c2ccc(C(=O)Nc3cc(N)ccc3-c3ccccc3)cc2)CC1. The first kappa shape index (κ1) is 19.0. The molecule has 0 bridgehead atoms. The van der Waals surface area contributed by atoms with Crippen molar-refractivity contribution in [1.29, 1.82) is 0 Å². The summed E-state index contributed by atoms with van der Waals surface area (Å²) in [6, 6.07) is 23.4. The molecule has 0 spiro atoms. The summed E-state index contributed by atoms with van der Waals surface area (Å²) in [6.45, 7) is 4.12. The number of carbonyl (C=O) groups is 1. The van der Waals surface area contributed by atoms with Crippen molar-refractivity contribution in [3.8, 4) is 11.1 Å². The lowest BCUT2D eigenvalue weighted by Gasteiger charge is -2.34. The summed E-state index contributed by atoms with van der Waals surface area (Å²) in [6.07, 6.45) is 0. The Morgan fingerprint density at radius 1 is 0.897 bits per heavy atom. The van der Waals surface area contributed by atoms with Crippen LogP contribution in [0.15, 0.2) is 72.8 Å². The molecule has 5 heteroatoms. The van der Waals surface area contributed by atoms with Crippen molar-refractivity contribution in [2.24, 2.45) is 0 Å². The third kappa shape index (κ3) is 4.41. The predicted octanol–water partition coefficient (Wildman–Crippen LogP) is 3.94. The number of amides is 1. The van der Waals surface area contributed by atoms with Crippen LogP contribution in [0, 0.1) is 0 Å². The zero-order chi connectivity index (χ0) is 20.2. The zero-order valence-corrected chi connectivity index (χ0v) is 16.6. The third-order valence-corrected chi connectivity index (χ3v) is 5.37. The Morgan fingerprint density at radius 3 is 2.28 bits per heavy atom. The molecule has 1 aliphatic rings. The molecule has 1 aliphatic heterocycles. The number of anilines is 3. The second-order valence-electron chi connectivity index (χ2n) is 7.46. The number of nitrogens with two attached hydrogens (primary N) is 1. The summed E-state index contributed by atoms with van der Waals surface area (Å²) >= 11 is 0. The van der Waals surface area contributed by atoms with Crippen LogP contribution in [0.3, 0.4) is 0 Å². The van der Waals surface area contributed by atoms with Crippen LogP contribution in [-0.2, 0) is 0 Å². The van der Waals surface area contributed by atoms with Gasteiger partial charge in [-0.15, -0.1) is 0 Å². The molecule has 29 heavy (non-hydrogen) atoms. The van der Waals surface area contributed by atoms with Crippen molar-refractivity contribution in [3.05, 3.63) is 78.4 Å². The van der Waals surface area contributed by atoms with Crippen molar-refractivity contribution in [3.63, 3.8) is 0 Å². The normalized spacial score (nSPS) is 14.6. The molecule has 3 N–H and O–H groups in total. The first-order chi connectivity index (χ1) is 14.1. The Morgan fingerprint density at radius 2 is 1.59 bits per heavy atom. The summed E-state index contributed by atoms with van der Waals surface area (Å²) in [4.78, 5) is 17.5. The summed E-state index contributed by atoms with van der Waals surface area (Å²) in [5.74, 6) is -0.141. The highest BCUT2D eigenvalue weighted by molar-refractivity contribution is 6.06. The number of nitrogens with one attached hydrogen (secondary N) is 1. The molecule has 0 aliphatic carbocycles. The Hall–Kier alpha value is -3.31. The van der Waals surface area contributed by atoms with Gasteiger partial charge in [0.25, 0.3) is 5.91 Å². The summed E-state index contributed by atoms with van der Waals surface area (Å²) in [7, 11) is 2.14.